The Morgan fingerprint density at radius 2 is 1.45 bits per heavy atom. The van der Waals surface area contributed by atoms with Gasteiger partial charge in [0, 0.05) is 31.7 Å². The molecule has 0 heterocycles. The summed E-state index contributed by atoms with van der Waals surface area (Å²) in [5.41, 5.74) is 1.92. The van der Waals surface area contributed by atoms with E-state index >= 15 is 0 Å². The topological polar surface area (TPSA) is 77.1 Å². The summed E-state index contributed by atoms with van der Waals surface area (Å²) in [6.45, 7) is 5.72. The van der Waals surface area contributed by atoms with E-state index in [1.54, 1.807) is 33.5 Å². The molecule has 0 spiro atoms. The van der Waals surface area contributed by atoms with Crippen molar-refractivity contribution < 1.29 is 22.6 Å². The number of hydrogen-bond acceptors (Lipinski definition) is 6. The minimum Gasteiger partial charge on any atom is -0.493 e. The maximum atomic E-state index is 12.6. The van der Waals surface area contributed by atoms with Crippen LogP contribution in [0.15, 0.2) is 41.3 Å². The van der Waals surface area contributed by atoms with Crippen molar-refractivity contribution in [2.75, 3.05) is 34.4 Å². The van der Waals surface area contributed by atoms with Gasteiger partial charge in [-0.2, -0.15) is 4.31 Å². The fourth-order valence-electron chi connectivity index (χ4n) is 3.14. The monoisotopic (exact) mass is 422 g/mol. The third-order valence-corrected chi connectivity index (χ3v) is 6.76. The van der Waals surface area contributed by atoms with Crippen LogP contribution in [0.1, 0.15) is 25.0 Å². The molecular formula is C21H30N2O5S. The summed E-state index contributed by atoms with van der Waals surface area (Å²) in [7, 11) is 1.32. The molecule has 0 saturated heterocycles. The third-order valence-electron chi connectivity index (χ3n) is 4.70. The lowest BCUT2D eigenvalue weighted by molar-refractivity contribution is 0.321. The molecule has 2 rings (SSSR count). The van der Waals surface area contributed by atoms with E-state index in [9.17, 15) is 8.42 Å². The Kier molecular flexibility index (Phi) is 8.31. The molecule has 8 heteroatoms. The Morgan fingerprint density at radius 1 is 0.828 bits per heavy atom. The number of nitrogens with zero attached hydrogens (tertiary/aromatic N) is 1. The number of hydrogen-bond donors (Lipinski definition) is 1. The van der Waals surface area contributed by atoms with Gasteiger partial charge in [-0.15, -0.1) is 0 Å². The van der Waals surface area contributed by atoms with E-state index < -0.39 is 10.0 Å². The van der Waals surface area contributed by atoms with Gasteiger partial charge in [0.1, 0.15) is 0 Å². The van der Waals surface area contributed by atoms with E-state index in [4.69, 9.17) is 14.2 Å². The third kappa shape index (κ3) is 5.20. The number of nitrogens with one attached hydrogen (secondary N) is 1. The van der Waals surface area contributed by atoms with Crippen LogP contribution in [-0.2, 0) is 23.1 Å². The second kappa shape index (κ2) is 10.5. The summed E-state index contributed by atoms with van der Waals surface area (Å²) in [4.78, 5) is 0.312. The van der Waals surface area contributed by atoms with Crippen LogP contribution >= 0.6 is 0 Å². The summed E-state index contributed by atoms with van der Waals surface area (Å²) < 4.78 is 42.8. The fraction of sp³-hybridized carbons (Fsp3) is 0.429. The first-order valence-corrected chi connectivity index (χ1v) is 10.9. The lowest BCUT2D eigenvalue weighted by atomic mass is 10.1. The van der Waals surface area contributed by atoms with Crippen LogP contribution in [0.25, 0.3) is 0 Å². The molecule has 0 saturated carbocycles. The normalized spacial score (nSPS) is 11.5. The zero-order valence-corrected chi connectivity index (χ0v) is 18.5. The maximum Gasteiger partial charge on any atom is 0.243 e. The highest BCUT2D eigenvalue weighted by molar-refractivity contribution is 7.89. The molecule has 0 aliphatic heterocycles. The van der Waals surface area contributed by atoms with Crippen LogP contribution in [0.3, 0.4) is 0 Å². The van der Waals surface area contributed by atoms with Gasteiger partial charge < -0.3 is 19.5 Å². The molecule has 2 aromatic carbocycles. The van der Waals surface area contributed by atoms with Crippen molar-refractivity contribution in [2.24, 2.45) is 0 Å². The van der Waals surface area contributed by atoms with Gasteiger partial charge in [0.25, 0.3) is 0 Å². The lowest BCUT2D eigenvalue weighted by Gasteiger charge is -2.18. The standard InChI is InChI=1S/C21H30N2O5S/c1-6-23(7-2)29(24,25)18-11-8-16(9-12-18)14-22-15-17-10-13-19(26-3)21(28-5)20(17)27-4/h8-13,22H,6-7,14-15H2,1-5H3. The summed E-state index contributed by atoms with van der Waals surface area (Å²) in [5.74, 6) is 1.79. The van der Waals surface area contributed by atoms with Gasteiger partial charge in [0.15, 0.2) is 11.5 Å². The molecule has 0 aliphatic carbocycles. The molecule has 0 bridgehead atoms. The van der Waals surface area contributed by atoms with Crippen LogP contribution in [-0.4, -0.2) is 47.1 Å². The Labute approximate surface area is 173 Å². The van der Waals surface area contributed by atoms with Crippen LogP contribution in [0, 0.1) is 0 Å². The molecule has 160 valence electrons. The summed E-state index contributed by atoms with van der Waals surface area (Å²) in [5, 5.41) is 3.35. The quantitative estimate of drug-likeness (QED) is 0.600. The van der Waals surface area contributed by atoms with E-state index in [-0.39, 0.29) is 0 Å². The molecule has 29 heavy (non-hydrogen) atoms. The molecular weight excluding hydrogens is 392 g/mol. The van der Waals surface area contributed by atoms with E-state index in [1.165, 1.54) is 4.31 Å². The predicted molar refractivity (Wildman–Crippen MR) is 113 cm³/mol. The highest BCUT2D eigenvalue weighted by atomic mass is 32.2. The zero-order valence-electron chi connectivity index (χ0n) is 17.7. The van der Waals surface area contributed by atoms with Gasteiger partial charge in [-0.05, 0) is 23.8 Å². The smallest absolute Gasteiger partial charge is 0.243 e. The van der Waals surface area contributed by atoms with E-state index in [0.717, 1.165) is 11.1 Å². The fourth-order valence-corrected chi connectivity index (χ4v) is 4.59. The average Bonchev–Trinajstić information content (AvgIpc) is 2.74. The first kappa shape index (κ1) is 23.0. The molecule has 0 aromatic heterocycles. The molecule has 0 unspecified atom stereocenters. The number of benzene rings is 2. The first-order chi connectivity index (χ1) is 13.9. The van der Waals surface area contributed by atoms with Gasteiger partial charge in [0.2, 0.25) is 15.8 Å². The van der Waals surface area contributed by atoms with Crippen LogP contribution < -0.4 is 19.5 Å². The van der Waals surface area contributed by atoms with Gasteiger partial charge in [-0.3, -0.25) is 0 Å². The second-order valence-corrected chi connectivity index (χ2v) is 8.27. The van der Waals surface area contributed by atoms with Crippen molar-refractivity contribution in [3.8, 4) is 17.2 Å². The minimum absolute atomic E-state index is 0.312. The number of sulfonamides is 1. The van der Waals surface area contributed by atoms with Gasteiger partial charge in [-0.1, -0.05) is 32.0 Å². The van der Waals surface area contributed by atoms with E-state index in [0.29, 0.717) is 48.3 Å². The van der Waals surface area contributed by atoms with Crippen molar-refractivity contribution in [1.82, 2.24) is 9.62 Å². The lowest BCUT2D eigenvalue weighted by Crippen LogP contribution is -2.30. The van der Waals surface area contributed by atoms with Crippen molar-refractivity contribution >= 4 is 10.0 Å². The number of ether oxygens (including phenoxy) is 3. The Morgan fingerprint density at radius 3 is 1.97 bits per heavy atom. The van der Waals surface area contributed by atoms with Crippen molar-refractivity contribution in [1.29, 1.82) is 0 Å². The second-order valence-electron chi connectivity index (χ2n) is 6.33. The van der Waals surface area contributed by atoms with E-state index in [1.807, 2.05) is 38.1 Å². The molecule has 0 amide bonds. The van der Waals surface area contributed by atoms with Crippen molar-refractivity contribution in [2.45, 2.75) is 31.8 Å². The highest BCUT2D eigenvalue weighted by Crippen LogP contribution is 2.39. The van der Waals surface area contributed by atoms with Gasteiger partial charge in [0.05, 0.1) is 26.2 Å². The van der Waals surface area contributed by atoms with Gasteiger partial charge in [-0.25, -0.2) is 8.42 Å². The SMILES string of the molecule is CCN(CC)S(=O)(=O)c1ccc(CNCc2ccc(OC)c(OC)c2OC)cc1. The summed E-state index contributed by atoms with van der Waals surface area (Å²) in [6, 6.07) is 10.7. The molecule has 7 nitrogen and oxygen atoms in total. The maximum absolute atomic E-state index is 12.6. The molecule has 0 atom stereocenters. The molecule has 0 fully saturated rings. The molecule has 1 N–H and O–H groups in total. The van der Waals surface area contributed by atoms with Crippen LogP contribution in [0.2, 0.25) is 0 Å². The minimum atomic E-state index is -3.43. The molecule has 2 aromatic rings. The predicted octanol–water partition coefficient (Wildman–Crippen LogP) is 3.03. The molecule has 0 radical (unpaired) electrons. The molecule has 0 aliphatic rings. The van der Waals surface area contributed by atoms with Crippen LogP contribution in [0.5, 0.6) is 17.2 Å². The largest absolute Gasteiger partial charge is 0.493 e. The van der Waals surface area contributed by atoms with Crippen LogP contribution in [0.4, 0.5) is 0 Å². The average molecular weight is 423 g/mol. The highest BCUT2D eigenvalue weighted by Gasteiger charge is 2.21. The summed E-state index contributed by atoms with van der Waals surface area (Å²) in [6.07, 6.45) is 0. The zero-order chi connectivity index (χ0) is 21.4. The van der Waals surface area contributed by atoms with Gasteiger partial charge >= 0.3 is 0 Å². The summed E-state index contributed by atoms with van der Waals surface area (Å²) >= 11 is 0. The Balaban J connectivity index is 2.07. The number of methoxy groups -OCH3 is 3. The van der Waals surface area contributed by atoms with Crippen molar-refractivity contribution in [3.63, 3.8) is 0 Å². The van der Waals surface area contributed by atoms with E-state index in [2.05, 4.69) is 5.32 Å². The first-order valence-electron chi connectivity index (χ1n) is 9.50. The van der Waals surface area contributed by atoms with Crippen molar-refractivity contribution in [3.05, 3.63) is 47.5 Å². The Hall–Kier alpha value is -2.29. The Bertz CT molecular complexity index is 894. The number of rotatable bonds is 11.